The fraction of sp³-hybridized carbons (Fsp3) is 0.348. The van der Waals surface area contributed by atoms with E-state index in [0.717, 1.165) is 0 Å². The molecule has 5 rings (SSSR count). The van der Waals surface area contributed by atoms with Crippen molar-refractivity contribution in [3.63, 3.8) is 0 Å². The average Bonchev–Trinajstić information content (AvgIpc) is 3.60. The van der Waals surface area contributed by atoms with E-state index in [2.05, 4.69) is 30.7 Å². The van der Waals surface area contributed by atoms with Crippen molar-refractivity contribution < 1.29 is 36.2 Å². The molecule has 17 heteroatoms. The van der Waals surface area contributed by atoms with E-state index in [1.54, 1.807) is 0 Å². The second kappa shape index (κ2) is 10.2. The Morgan fingerprint density at radius 1 is 1.20 bits per heavy atom. The number of hydrogen-bond acceptors (Lipinski definition) is 8. The molecule has 11 nitrogen and oxygen atoms in total. The van der Waals surface area contributed by atoms with Crippen molar-refractivity contribution >= 4 is 46.3 Å². The first-order valence-corrected chi connectivity index (χ1v) is 12.0. The second-order valence-electron chi connectivity index (χ2n) is 8.84. The van der Waals surface area contributed by atoms with E-state index in [4.69, 9.17) is 21.1 Å². The number of pyridine rings is 2. The van der Waals surface area contributed by atoms with Crippen LogP contribution < -0.4 is 15.4 Å². The van der Waals surface area contributed by atoms with E-state index < -0.39 is 23.8 Å². The van der Waals surface area contributed by atoms with Gasteiger partial charge in [0.2, 0.25) is 11.9 Å². The molecule has 1 aliphatic rings. The quantitative estimate of drug-likeness (QED) is 0.279. The molecule has 0 aromatic carbocycles. The zero-order valence-electron chi connectivity index (χ0n) is 20.8. The third-order valence-corrected chi connectivity index (χ3v) is 6.34. The lowest BCUT2D eigenvalue weighted by Crippen LogP contribution is -2.36. The summed E-state index contributed by atoms with van der Waals surface area (Å²) < 4.78 is 81.5. The fourth-order valence-corrected chi connectivity index (χ4v) is 4.39. The molecule has 1 aliphatic heterocycles. The highest BCUT2D eigenvalue weighted by molar-refractivity contribution is 6.36. The lowest BCUT2D eigenvalue weighted by atomic mass is 10.2. The Morgan fingerprint density at radius 3 is 2.65 bits per heavy atom. The van der Waals surface area contributed by atoms with Crippen molar-refractivity contribution in [3.05, 3.63) is 41.3 Å². The van der Waals surface area contributed by atoms with Gasteiger partial charge in [-0.2, -0.15) is 32.0 Å². The zero-order chi connectivity index (χ0) is 28.8. The highest BCUT2D eigenvalue weighted by atomic mass is 35.5. The molecule has 2 N–H and O–H groups in total. The summed E-state index contributed by atoms with van der Waals surface area (Å²) in [6, 6.07) is 2.83. The van der Waals surface area contributed by atoms with Crippen molar-refractivity contribution in [1.82, 2.24) is 29.3 Å². The molecule has 1 saturated heterocycles. The molecule has 0 spiro atoms. The van der Waals surface area contributed by atoms with Crippen LogP contribution in [0.1, 0.15) is 25.1 Å². The fourth-order valence-electron chi connectivity index (χ4n) is 4.09. The molecule has 0 radical (unpaired) electrons. The number of amides is 1. The normalized spacial score (nSPS) is 15.9. The molecule has 1 fully saturated rings. The standard InChI is InChI=1S/C23H20ClF5N8O3/c1-11(38)32-16-7-13(3-5-30-16)40-14-9-31-20-19(18(14)24)36(2)21(34-20)33-17-8-15(22(25,26)23(27,28)29)37(35-17)12-4-6-39-10-12/h3,5,7-9,12H,4,6,10H2,1-2H3,(H,30,32,38)(H,31,33,34,35). The molecule has 1 amide bonds. The summed E-state index contributed by atoms with van der Waals surface area (Å²) in [5.74, 6) is -5.08. The number of aryl methyl sites for hydroxylation is 1. The molecule has 212 valence electrons. The minimum atomic E-state index is -5.83. The predicted molar refractivity (Wildman–Crippen MR) is 132 cm³/mol. The van der Waals surface area contributed by atoms with Gasteiger partial charge in [0.05, 0.1) is 18.8 Å². The summed E-state index contributed by atoms with van der Waals surface area (Å²) in [6.45, 7) is 1.48. The molecule has 40 heavy (non-hydrogen) atoms. The van der Waals surface area contributed by atoms with E-state index in [1.807, 2.05) is 0 Å². The lowest BCUT2D eigenvalue weighted by molar-refractivity contribution is -0.292. The highest BCUT2D eigenvalue weighted by Gasteiger charge is 2.61. The smallest absolute Gasteiger partial charge is 0.454 e. The summed E-state index contributed by atoms with van der Waals surface area (Å²) in [5, 5.41) is 9.28. The van der Waals surface area contributed by atoms with E-state index >= 15 is 0 Å². The number of hydrogen-bond donors (Lipinski definition) is 2. The lowest BCUT2D eigenvalue weighted by Gasteiger charge is -2.22. The predicted octanol–water partition coefficient (Wildman–Crippen LogP) is 5.32. The third-order valence-electron chi connectivity index (χ3n) is 5.97. The maximum atomic E-state index is 14.4. The molecule has 0 bridgehead atoms. The monoisotopic (exact) mass is 586 g/mol. The van der Waals surface area contributed by atoms with Gasteiger partial charge >= 0.3 is 12.1 Å². The van der Waals surface area contributed by atoms with Crippen LogP contribution in [0.2, 0.25) is 5.02 Å². The number of rotatable bonds is 7. The van der Waals surface area contributed by atoms with Crippen molar-refractivity contribution in [3.8, 4) is 11.5 Å². The Balaban J connectivity index is 1.47. The molecule has 0 aliphatic carbocycles. The number of nitrogens with one attached hydrogen (secondary N) is 2. The Kier molecular flexibility index (Phi) is 6.99. The van der Waals surface area contributed by atoms with Crippen molar-refractivity contribution in [2.45, 2.75) is 31.5 Å². The minimum Gasteiger partial charge on any atom is -0.454 e. The molecule has 1 atom stereocenters. The number of carbonyl (C=O) groups is 1. The van der Waals surface area contributed by atoms with Crippen LogP contribution in [0.15, 0.2) is 30.6 Å². The van der Waals surface area contributed by atoms with Crippen LogP contribution in [0.5, 0.6) is 11.5 Å². The van der Waals surface area contributed by atoms with Gasteiger partial charge in [0.25, 0.3) is 0 Å². The highest BCUT2D eigenvalue weighted by Crippen LogP contribution is 2.46. The van der Waals surface area contributed by atoms with E-state index in [1.165, 1.54) is 43.1 Å². The molecule has 5 heterocycles. The van der Waals surface area contributed by atoms with Crippen molar-refractivity contribution in [1.29, 1.82) is 0 Å². The van der Waals surface area contributed by atoms with Crippen LogP contribution in [0, 0.1) is 0 Å². The van der Waals surface area contributed by atoms with Crippen LogP contribution in [0.4, 0.5) is 39.5 Å². The maximum Gasteiger partial charge on any atom is 0.459 e. The van der Waals surface area contributed by atoms with Crippen molar-refractivity contribution in [2.24, 2.45) is 7.05 Å². The number of anilines is 3. The summed E-state index contributed by atoms with van der Waals surface area (Å²) in [6.07, 6.45) is -2.89. The first kappa shape index (κ1) is 27.5. The molecule has 1 unspecified atom stereocenters. The number of imidazole rings is 1. The van der Waals surface area contributed by atoms with Gasteiger partial charge in [0.15, 0.2) is 17.2 Å². The summed E-state index contributed by atoms with van der Waals surface area (Å²) in [5.41, 5.74) is -0.901. The Morgan fingerprint density at radius 2 is 1.98 bits per heavy atom. The largest absolute Gasteiger partial charge is 0.459 e. The second-order valence-corrected chi connectivity index (χ2v) is 9.22. The van der Waals surface area contributed by atoms with Crippen LogP contribution in [-0.4, -0.2) is 54.6 Å². The average molecular weight is 587 g/mol. The molecular weight excluding hydrogens is 567 g/mol. The van der Waals surface area contributed by atoms with Gasteiger partial charge in [-0.15, -0.1) is 0 Å². The van der Waals surface area contributed by atoms with Gasteiger partial charge in [0.1, 0.15) is 27.8 Å². The van der Waals surface area contributed by atoms with E-state index in [0.29, 0.717) is 16.5 Å². The third kappa shape index (κ3) is 5.11. The van der Waals surface area contributed by atoms with Gasteiger partial charge in [-0.1, -0.05) is 11.6 Å². The number of nitrogens with zero attached hydrogens (tertiary/aromatic N) is 6. The van der Waals surface area contributed by atoms with Gasteiger partial charge in [-0.25, -0.2) is 9.97 Å². The molecule has 4 aromatic rings. The minimum absolute atomic E-state index is 0.0209. The van der Waals surface area contributed by atoms with Gasteiger partial charge in [0, 0.05) is 38.9 Å². The SMILES string of the molecule is CC(=O)Nc1cc(Oc2cnc3nc(Nc4cc(C(F)(F)C(F)(F)F)n(C5CCOC5)n4)n(C)c3c2Cl)ccn1. The van der Waals surface area contributed by atoms with Crippen LogP contribution in [0.3, 0.4) is 0 Å². The number of alkyl halides is 5. The van der Waals surface area contributed by atoms with Gasteiger partial charge in [-0.3, -0.25) is 9.48 Å². The van der Waals surface area contributed by atoms with E-state index in [-0.39, 0.29) is 65.1 Å². The number of carbonyl (C=O) groups excluding carboxylic acids is 1. The maximum absolute atomic E-state index is 14.4. The zero-order valence-corrected chi connectivity index (χ0v) is 21.5. The summed E-state index contributed by atoms with van der Waals surface area (Å²) in [7, 11) is 1.53. The number of aromatic nitrogens is 6. The first-order valence-electron chi connectivity index (χ1n) is 11.7. The number of fused-ring (bicyclic) bond motifs is 1. The van der Waals surface area contributed by atoms with Gasteiger partial charge < -0.3 is 24.7 Å². The van der Waals surface area contributed by atoms with Crippen LogP contribution in [0.25, 0.3) is 11.2 Å². The van der Waals surface area contributed by atoms with Crippen LogP contribution in [-0.2, 0) is 22.5 Å². The van der Waals surface area contributed by atoms with E-state index in [9.17, 15) is 26.7 Å². The summed E-state index contributed by atoms with van der Waals surface area (Å²) >= 11 is 6.57. The Labute approximate surface area is 227 Å². The van der Waals surface area contributed by atoms with Crippen LogP contribution >= 0.6 is 11.6 Å². The topological polar surface area (TPSA) is 121 Å². The molecule has 0 saturated carbocycles. The Bertz CT molecular complexity index is 1580. The summed E-state index contributed by atoms with van der Waals surface area (Å²) in [4.78, 5) is 23.8. The number of ether oxygens (including phenoxy) is 2. The first-order chi connectivity index (χ1) is 18.8. The molecule has 4 aromatic heterocycles. The Hall–Kier alpha value is -4.05. The van der Waals surface area contributed by atoms with Gasteiger partial charge in [-0.05, 0) is 12.5 Å². The number of halogens is 6. The van der Waals surface area contributed by atoms with Crippen molar-refractivity contribution in [2.75, 3.05) is 23.8 Å². The molecular formula is C23H20ClF5N8O3.